The van der Waals surface area contributed by atoms with E-state index in [2.05, 4.69) is 0 Å². The highest BCUT2D eigenvalue weighted by molar-refractivity contribution is 6.40. The summed E-state index contributed by atoms with van der Waals surface area (Å²) in [6.07, 6.45) is 0. The molecule has 0 radical (unpaired) electrons. The molecule has 0 unspecified atom stereocenters. The van der Waals surface area contributed by atoms with Crippen molar-refractivity contribution in [2.45, 2.75) is 6.92 Å². The number of hydrogen-bond acceptors (Lipinski definition) is 4. The summed E-state index contributed by atoms with van der Waals surface area (Å²) < 4.78 is 0. The molecule has 110 valence electrons. The lowest BCUT2D eigenvalue weighted by atomic mass is 10.1. The Morgan fingerprint density at radius 2 is 1.86 bits per heavy atom. The summed E-state index contributed by atoms with van der Waals surface area (Å²) in [6, 6.07) is 8.88. The van der Waals surface area contributed by atoms with Gasteiger partial charge in [0.25, 0.3) is 17.5 Å². The van der Waals surface area contributed by atoms with Gasteiger partial charge in [-0.1, -0.05) is 23.7 Å². The van der Waals surface area contributed by atoms with Crippen molar-refractivity contribution in [3.63, 3.8) is 0 Å². The van der Waals surface area contributed by atoms with Crippen molar-refractivity contribution in [1.82, 2.24) is 0 Å². The van der Waals surface area contributed by atoms with Crippen LogP contribution in [0.1, 0.15) is 26.3 Å². The molecular weight excluding hydrogens is 308 g/mol. The van der Waals surface area contributed by atoms with Gasteiger partial charge in [0.1, 0.15) is 5.56 Å². The molecule has 2 aromatic carbocycles. The van der Waals surface area contributed by atoms with Crippen LogP contribution in [0.25, 0.3) is 0 Å². The summed E-state index contributed by atoms with van der Waals surface area (Å²) in [5.74, 6) is -1.35. The Bertz CT molecular complexity index is 847. The number of fused-ring (bicyclic) bond motifs is 1. The van der Waals surface area contributed by atoms with Crippen LogP contribution in [-0.4, -0.2) is 16.7 Å². The fourth-order valence-corrected chi connectivity index (χ4v) is 2.63. The molecule has 0 aliphatic carbocycles. The molecule has 22 heavy (non-hydrogen) atoms. The Balaban J connectivity index is 2.21. The molecule has 1 heterocycles. The summed E-state index contributed by atoms with van der Waals surface area (Å²) in [7, 11) is 0. The maximum Gasteiger partial charge on any atom is 0.283 e. The molecule has 6 nitrogen and oxygen atoms in total. The summed E-state index contributed by atoms with van der Waals surface area (Å²) in [4.78, 5) is 36.3. The van der Waals surface area contributed by atoms with Gasteiger partial charge in [-0.25, -0.2) is 4.90 Å². The Hall–Kier alpha value is -2.73. The van der Waals surface area contributed by atoms with Crippen molar-refractivity contribution in [3.8, 4) is 0 Å². The Morgan fingerprint density at radius 3 is 2.55 bits per heavy atom. The van der Waals surface area contributed by atoms with Crippen LogP contribution in [0.2, 0.25) is 5.02 Å². The van der Waals surface area contributed by atoms with Gasteiger partial charge < -0.3 is 0 Å². The van der Waals surface area contributed by atoms with Crippen LogP contribution in [0.4, 0.5) is 11.4 Å². The molecule has 0 fully saturated rings. The zero-order valence-corrected chi connectivity index (χ0v) is 12.1. The number of nitrogens with zero attached hydrogens (tertiary/aromatic N) is 2. The van der Waals surface area contributed by atoms with E-state index in [1.54, 1.807) is 25.1 Å². The third-order valence-electron chi connectivity index (χ3n) is 3.43. The zero-order valence-electron chi connectivity index (χ0n) is 11.4. The molecule has 0 saturated heterocycles. The lowest BCUT2D eigenvalue weighted by Crippen LogP contribution is -2.29. The second-order valence-corrected chi connectivity index (χ2v) is 5.26. The Morgan fingerprint density at radius 1 is 1.14 bits per heavy atom. The molecule has 0 saturated carbocycles. The van der Waals surface area contributed by atoms with Crippen LogP contribution in [0.5, 0.6) is 0 Å². The first-order chi connectivity index (χ1) is 10.4. The molecule has 0 atom stereocenters. The smallest absolute Gasteiger partial charge is 0.268 e. The van der Waals surface area contributed by atoms with Crippen LogP contribution < -0.4 is 4.90 Å². The van der Waals surface area contributed by atoms with Crippen LogP contribution in [0, 0.1) is 17.0 Å². The minimum Gasteiger partial charge on any atom is -0.268 e. The number of amides is 2. The molecule has 0 spiro atoms. The fraction of sp³-hybridized carbons (Fsp3) is 0.0667. The predicted molar refractivity (Wildman–Crippen MR) is 80.4 cm³/mol. The minimum absolute atomic E-state index is 0.0109. The van der Waals surface area contributed by atoms with E-state index in [1.165, 1.54) is 18.2 Å². The predicted octanol–water partition coefficient (Wildman–Crippen LogP) is 3.36. The normalized spacial score (nSPS) is 13.5. The number of halogens is 1. The van der Waals surface area contributed by atoms with Crippen molar-refractivity contribution < 1.29 is 14.5 Å². The SMILES string of the molecule is Cc1ccc(Cl)c(N2C(=O)c3cccc([N+](=O)[O-])c3C2=O)c1. The number of anilines is 1. The van der Waals surface area contributed by atoms with Crippen molar-refractivity contribution in [3.05, 3.63) is 68.2 Å². The van der Waals surface area contributed by atoms with E-state index in [1.807, 2.05) is 0 Å². The first-order valence-corrected chi connectivity index (χ1v) is 6.72. The monoisotopic (exact) mass is 316 g/mol. The van der Waals surface area contributed by atoms with E-state index < -0.39 is 16.7 Å². The average Bonchev–Trinajstić information content (AvgIpc) is 2.74. The van der Waals surface area contributed by atoms with Gasteiger partial charge in [-0.2, -0.15) is 0 Å². The number of carbonyl (C=O) groups is 2. The summed E-state index contributed by atoms with van der Waals surface area (Å²) in [5, 5.41) is 11.3. The number of nitro groups is 1. The molecule has 7 heteroatoms. The number of rotatable bonds is 2. The van der Waals surface area contributed by atoms with Gasteiger partial charge in [0.15, 0.2) is 0 Å². The first-order valence-electron chi connectivity index (χ1n) is 6.34. The second kappa shape index (κ2) is 4.92. The highest BCUT2D eigenvalue weighted by atomic mass is 35.5. The lowest BCUT2D eigenvalue weighted by Gasteiger charge is -2.16. The van der Waals surface area contributed by atoms with Crippen LogP contribution >= 0.6 is 11.6 Å². The number of carbonyl (C=O) groups excluding carboxylic acids is 2. The molecule has 3 rings (SSSR count). The molecule has 2 aromatic rings. The summed E-state index contributed by atoms with van der Waals surface area (Å²) in [6.45, 7) is 1.79. The number of benzene rings is 2. The number of imide groups is 1. The molecule has 0 bridgehead atoms. The van der Waals surface area contributed by atoms with Gasteiger partial charge in [-0.3, -0.25) is 19.7 Å². The standard InChI is InChI=1S/C15H9ClN2O4/c1-8-5-6-10(16)12(7-8)17-14(19)9-3-2-4-11(18(21)22)13(9)15(17)20/h2-7H,1H3. The summed E-state index contributed by atoms with van der Waals surface area (Å²) >= 11 is 6.07. The molecule has 0 N–H and O–H groups in total. The van der Waals surface area contributed by atoms with Gasteiger partial charge in [-0.05, 0) is 30.7 Å². The molecular formula is C15H9ClN2O4. The van der Waals surface area contributed by atoms with E-state index >= 15 is 0 Å². The van der Waals surface area contributed by atoms with Crippen molar-refractivity contribution in [1.29, 1.82) is 0 Å². The van der Waals surface area contributed by atoms with Crippen LogP contribution in [0.15, 0.2) is 36.4 Å². The Kier molecular flexibility index (Phi) is 3.18. The summed E-state index contributed by atoms with van der Waals surface area (Å²) in [5.41, 5.74) is 0.460. The van der Waals surface area contributed by atoms with E-state index in [0.29, 0.717) is 0 Å². The fourth-order valence-electron chi connectivity index (χ4n) is 2.43. The highest BCUT2D eigenvalue weighted by Gasteiger charge is 2.42. The van der Waals surface area contributed by atoms with Gasteiger partial charge in [0.2, 0.25) is 0 Å². The Labute approximate surface area is 130 Å². The number of hydrogen-bond donors (Lipinski definition) is 0. The third kappa shape index (κ3) is 1.96. The largest absolute Gasteiger partial charge is 0.283 e. The van der Waals surface area contributed by atoms with E-state index in [-0.39, 0.29) is 27.5 Å². The third-order valence-corrected chi connectivity index (χ3v) is 3.75. The number of nitro benzene ring substituents is 1. The van der Waals surface area contributed by atoms with Crippen molar-refractivity contribution >= 4 is 34.8 Å². The van der Waals surface area contributed by atoms with Crippen molar-refractivity contribution in [2.24, 2.45) is 0 Å². The van der Waals surface area contributed by atoms with Crippen LogP contribution in [-0.2, 0) is 0 Å². The quantitative estimate of drug-likeness (QED) is 0.483. The van der Waals surface area contributed by atoms with Gasteiger partial charge in [0, 0.05) is 6.07 Å². The van der Waals surface area contributed by atoms with Gasteiger partial charge in [-0.15, -0.1) is 0 Å². The molecule has 1 aliphatic heterocycles. The maximum atomic E-state index is 12.5. The molecule has 2 amide bonds. The van der Waals surface area contributed by atoms with E-state index in [0.717, 1.165) is 10.5 Å². The minimum atomic E-state index is -0.736. The zero-order chi connectivity index (χ0) is 16.0. The first kappa shape index (κ1) is 14.2. The van der Waals surface area contributed by atoms with E-state index in [4.69, 9.17) is 11.6 Å². The van der Waals surface area contributed by atoms with Gasteiger partial charge >= 0.3 is 0 Å². The molecule has 0 aromatic heterocycles. The average molecular weight is 317 g/mol. The van der Waals surface area contributed by atoms with Gasteiger partial charge in [0.05, 0.1) is 21.2 Å². The number of aryl methyl sites for hydroxylation is 1. The topological polar surface area (TPSA) is 80.5 Å². The highest BCUT2D eigenvalue weighted by Crippen LogP contribution is 2.37. The molecule has 1 aliphatic rings. The van der Waals surface area contributed by atoms with E-state index in [9.17, 15) is 19.7 Å². The van der Waals surface area contributed by atoms with Crippen molar-refractivity contribution in [2.75, 3.05) is 4.90 Å². The lowest BCUT2D eigenvalue weighted by molar-refractivity contribution is -0.385. The maximum absolute atomic E-state index is 12.5. The van der Waals surface area contributed by atoms with Crippen LogP contribution in [0.3, 0.4) is 0 Å². The second-order valence-electron chi connectivity index (χ2n) is 4.86.